The van der Waals surface area contributed by atoms with Crippen LogP contribution in [0.1, 0.15) is 43.0 Å². The zero-order chi connectivity index (χ0) is 15.6. The Morgan fingerprint density at radius 3 is 2.71 bits per heavy atom. The Morgan fingerprint density at radius 2 is 2.10 bits per heavy atom. The summed E-state index contributed by atoms with van der Waals surface area (Å²) in [6.45, 7) is 1.67. The zero-order valence-electron chi connectivity index (χ0n) is 11.5. The molecule has 1 fully saturated rings. The predicted molar refractivity (Wildman–Crippen MR) is 79.7 cm³/mol. The van der Waals surface area contributed by atoms with Crippen molar-refractivity contribution in [2.24, 2.45) is 5.41 Å². The van der Waals surface area contributed by atoms with Crippen molar-refractivity contribution in [2.45, 2.75) is 38.6 Å². The third kappa shape index (κ3) is 3.30. The first kappa shape index (κ1) is 16.0. The number of carboxylic acid groups (broad SMARTS) is 1. The van der Waals surface area contributed by atoms with Crippen molar-refractivity contribution in [2.75, 3.05) is 0 Å². The molecule has 2 atom stereocenters. The first-order valence-electron chi connectivity index (χ1n) is 6.71. The molecular weight excluding hydrogens is 315 g/mol. The van der Waals surface area contributed by atoms with Crippen LogP contribution in [0.5, 0.6) is 0 Å². The number of amides is 1. The summed E-state index contributed by atoms with van der Waals surface area (Å²) in [7, 11) is 0. The molecule has 1 aliphatic rings. The molecule has 2 rings (SSSR count). The molecule has 0 aromatic carbocycles. The molecular formula is C14H16Cl2N2O3. The van der Waals surface area contributed by atoms with E-state index in [0.717, 1.165) is 12.8 Å². The van der Waals surface area contributed by atoms with Crippen LogP contribution in [-0.2, 0) is 4.79 Å². The highest BCUT2D eigenvalue weighted by atomic mass is 35.5. The van der Waals surface area contributed by atoms with Crippen LogP contribution in [0.2, 0.25) is 10.3 Å². The monoisotopic (exact) mass is 330 g/mol. The summed E-state index contributed by atoms with van der Waals surface area (Å²) >= 11 is 11.6. The number of aromatic nitrogens is 1. The smallest absolute Gasteiger partial charge is 0.311 e. The molecule has 7 heteroatoms. The molecule has 1 aromatic rings. The number of nitrogens with one attached hydrogen (secondary N) is 1. The van der Waals surface area contributed by atoms with Crippen LogP contribution in [0.3, 0.4) is 0 Å². The molecule has 0 bridgehead atoms. The highest BCUT2D eigenvalue weighted by Gasteiger charge is 2.44. The number of carbonyl (C=O) groups excluding carboxylic acids is 1. The summed E-state index contributed by atoms with van der Waals surface area (Å²) < 4.78 is 0. The van der Waals surface area contributed by atoms with Gasteiger partial charge in [-0.2, -0.15) is 0 Å². The highest BCUT2D eigenvalue weighted by Crippen LogP contribution is 2.36. The quantitative estimate of drug-likeness (QED) is 0.834. The van der Waals surface area contributed by atoms with E-state index in [1.165, 1.54) is 12.1 Å². The van der Waals surface area contributed by atoms with Crippen molar-refractivity contribution in [3.05, 3.63) is 28.0 Å². The molecule has 0 saturated heterocycles. The third-order valence-electron chi connectivity index (χ3n) is 4.06. The lowest BCUT2D eigenvalue weighted by Gasteiger charge is -2.38. The molecule has 2 N–H and O–H groups in total. The highest BCUT2D eigenvalue weighted by molar-refractivity contribution is 6.34. The first-order valence-corrected chi connectivity index (χ1v) is 7.46. The van der Waals surface area contributed by atoms with Crippen LogP contribution in [0.25, 0.3) is 0 Å². The molecule has 1 heterocycles. The lowest BCUT2D eigenvalue weighted by molar-refractivity contribution is -0.151. The van der Waals surface area contributed by atoms with E-state index in [-0.39, 0.29) is 15.9 Å². The van der Waals surface area contributed by atoms with E-state index >= 15 is 0 Å². The summed E-state index contributed by atoms with van der Waals surface area (Å²) in [4.78, 5) is 27.6. The average molecular weight is 331 g/mol. The van der Waals surface area contributed by atoms with Gasteiger partial charge in [-0.1, -0.05) is 36.0 Å². The van der Waals surface area contributed by atoms with E-state index in [4.69, 9.17) is 23.2 Å². The van der Waals surface area contributed by atoms with Gasteiger partial charge in [-0.05, 0) is 31.9 Å². The van der Waals surface area contributed by atoms with Crippen molar-refractivity contribution in [1.82, 2.24) is 10.3 Å². The summed E-state index contributed by atoms with van der Waals surface area (Å²) in [5.74, 6) is -1.32. The lowest BCUT2D eigenvalue weighted by Crippen LogP contribution is -2.52. The average Bonchev–Trinajstić information content (AvgIpc) is 2.41. The Morgan fingerprint density at radius 1 is 1.38 bits per heavy atom. The van der Waals surface area contributed by atoms with Crippen LogP contribution in [0.15, 0.2) is 12.1 Å². The van der Waals surface area contributed by atoms with Gasteiger partial charge in [0.05, 0.1) is 11.0 Å². The van der Waals surface area contributed by atoms with Crippen molar-refractivity contribution >= 4 is 35.1 Å². The van der Waals surface area contributed by atoms with Gasteiger partial charge in [0.2, 0.25) is 0 Å². The first-order chi connectivity index (χ1) is 9.84. The molecule has 2 unspecified atom stereocenters. The lowest BCUT2D eigenvalue weighted by atomic mass is 9.71. The van der Waals surface area contributed by atoms with Gasteiger partial charge in [-0.25, -0.2) is 4.98 Å². The number of pyridine rings is 1. The van der Waals surface area contributed by atoms with Gasteiger partial charge in [-0.3, -0.25) is 9.59 Å². The molecule has 0 spiro atoms. The molecule has 1 aliphatic carbocycles. The topological polar surface area (TPSA) is 79.3 Å². The fourth-order valence-electron chi connectivity index (χ4n) is 2.64. The molecule has 0 radical (unpaired) electrons. The van der Waals surface area contributed by atoms with E-state index in [1.807, 2.05) is 0 Å². The standard InChI is InChI=1S/C14H16Cl2N2O3/c1-14(13(20)21)7-3-2-4-9(14)17-12(19)8-5-6-10(15)18-11(8)16/h5-6,9H,2-4,7H2,1H3,(H,17,19)(H,20,21). The van der Waals surface area contributed by atoms with Crippen LogP contribution in [0, 0.1) is 5.41 Å². The Balaban J connectivity index is 2.19. The number of hydrogen-bond acceptors (Lipinski definition) is 3. The number of rotatable bonds is 3. The van der Waals surface area contributed by atoms with Crippen molar-refractivity contribution in [3.8, 4) is 0 Å². The molecule has 5 nitrogen and oxygen atoms in total. The number of halogens is 2. The number of nitrogens with zero attached hydrogens (tertiary/aromatic N) is 1. The Bertz CT molecular complexity index is 579. The summed E-state index contributed by atoms with van der Waals surface area (Å²) in [5, 5.41) is 12.4. The van der Waals surface area contributed by atoms with E-state index in [2.05, 4.69) is 10.3 Å². The molecule has 1 saturated carbocycles. The normalized spacial score (nSPS) is 25.4. The maximum absolute atomic E-state index is 12.3. The Labute approximate surface area is 132 Å². The second-order valence-corrected chi connectivity index (χ2v) is 6.21. The maximum atomic E-state index is 12.3. The van der Waals surface area contributed by atoms with Crippen molar-refractivity contribution in [3.63, 3.8) is 0 Å². The van der Waals surface area contributed by atoms with Crippen LogP contribution >= 0.6 is 23.2 Å². The van der Waals surface area contributed by atoms with E-state index in [1.54, 1.807) is 6.92 Å². The van der Waals surface area contributed by atoms with E-state index < -0.39 is 23.3 Å². The van der Waals surface area contributed by atoms with Gasteiger partial charge >= 0.3 is 5.97 Å². The number of carbonyl (C=O) groups is 2. The van der Waals surface area contributed by atoms with E-state index in [9.17, 15) is 14.7 Å². The van der Waals surface area contributed by atoms with Gasteiger partial charge in [0.1, 0.15) is 10.3 Å². The minimum atomic E-state index is -0.958. The summed E-state index contributed by atoms with van der Waals surface area (Å²) in [5.41, 5.74) is -0.764. The Hall–Kier alpha value is -1.33. The molecule has 114 valence electrons. The fraction of sp³-hybridized carbons (Fsp3) is 0.500. The van der Waals surface area contributed by atoms with Gasteiger partial charge in [0, 0.05) is 6.04 Å². The molecule has 0 aliphatic heterocycles. The minimum absolute atomic E-state index is 0.00726. The second-order valence-electron chi connectivity index (χ2n) is 5.47. The number of carboxylic acids is 1. The third-order valence-corrected chi connectivity index (χ3v) is 4.56. The number of aliphatic carboxylic acids is 1. The van der Waals surface area contributed by atoms with Gasteiger partial charge < -0.3 is 10.4 Å². The summed E-state index contributed by atoms with van der Waals surface area (Å²) in [6, 6.07) is 2.52. The van der Waals surface area contributed by atoms with E-state index in [0.29, 0.717) is 12.8 Å². The largest absolute Gasteiger partial charge is 0.481 e. The predicted octanol–water partition coefficient (Wildman–Crippen LogP) is 3.15. The fourth-order valence-corrected chi connectivity index (χ4v) is 3.07. The SMILES string of the molecule is CC1(C(=O)O)CCCCC1NC(=O)c1ccc(Cl)nc1Cl. The zero-order valence-corrected chi connectivity index (χ0v) is 13.0. The van der Waals surface area contributed by atoms with Gasteiger partial charge in [0.15, 0.2) is 0 Å². The minimum Gasteiger partial charge on any atom is -0.481 e. The second kappa shape index (κ2) is 6.20. The number of hydrogen-bond donors (Lipinski definition) is 2. The summed E-state index contributed by atoms with van der Waals surface area (Å²) in [6.07, 6.45) is 2.91. The molecule has 1 aromatic heterocycles. The van der Waals surface area contributed by atoms with Crippen molar-refractivity contribution in [1.29, 1.82) is 0 Å². The van der Waals surface area contributed by atoms with Crippen LogP contribution in [0.4, 0.5) is 0 Å². The van der Waals surface area contributed by atoms with Gasteiger partial charge in [0.25, 0.3) is 5.91 Å². The van der Waals surface area contributed by atoms with Crippen molar-refractivity contribution < 1.29 is 14.7 Å². The molecule has 21 heavy (non-hydrogen) atoms. The molecule has 1 amide bonds. The van der Waals surface area contributed by atoms with Crippen LogP contribution in [-0.4, -0.2) is 28.0 Å². The van der Waals surface area contributed by atoms with Gasteiger partial charge in [-0.15, -0.1) is 0 Å². The maximum Gasteiger partial charge on any atom is 0.311 e. The Kier molecular flexibility index (Phi) is 4.74. The van der Waals surface area contributed by atoms with Crippen LogP contribution < -0.4 is 5.32 Å².